The maximum Gasteiger partial charge on any atom is 0.118 e. The summed E-state index contributed by atoms with van der Waals surface area (Å²) in [6.07, 6.45) is 7.97. The van der Waals surface area contributed by atoms with Gasteiger partial charge in [0.1, 0.15) is 15.6 Å². The molecule has 4 rings (SSSR count). The zero-order valence-corrected chi connectivity index (χ0v) is 21.2. The molecular formula is C28H27ClO2S2. The van der Waals surface area contributed by atoms with Crippen LogP contribution in [-0.2, 0) is 4.08 Å². The van der Waals surface area contributed by atoms with Gasteiger partial charge in [0, 0.05) is 5.02 Å². The van der Waals surface area contributed by atoms with Crippen LogP contribution >= 0.6 is 35.1 Å². The van der Waals surface area contributed by atoms with Crippen molar-refractivity contribution in [2.24, 2.45) is 0 Å². The summed E-state index contributed by atoms with van der Waals surface area (Å²) < 4.78 is 10.6. The molecule has 0 radical (unpaired) electrons. The molecule has 0 amide bonds. The Kier molecular flexibility index (Phi) is 8.13. The zero-order chi connectivity index (χ0) is 23.1. The normalized spacial score (nSPS) is 15.2. The van der Waals surface area contributed by atoms with E-state index >= 15 is 0 Å². The van der Waals surface area contributed by atoms with Crippen LogP contribution in [0.15, 0.2) is 91.0 Å². The van der Waals surface area contributed by atoms with Crippen LogP contribution in [0.4, 0.5) is 0 Å². The number of hydrogen-bond donors (Lipinski definition) is 0. The fraction of sp³-hybridized carbons (Fsp3) is 0.214. The third kappa shape index (κ3) is 5.81. The molecule has 1 aliphatic rings. The third-order valence-electron chi connectivity index (χ3n) is 5.55. The second-order valence-electron chi connectivity index (χ2n) is 7.62. The van der Waals surface area contributed by atoms with Crippen molar-refractivity contribution in [3.63, 3.8) is 0 Å². The summed E-state index contributed by atoms with van der Waals surface area (Å²) >= 11 is 10.1. The van der Waals surface area contributed by atoms with Crippen LogP contribution in [0.25, 0.3) is 5.57 Å². The first-order valence-electron chi connectivity index (χ1n) is 10.9. The lowest BCUT2D eigenvalue weighted by Gasteiger charge is -2.34. The summed E-state index contributed by atoms with van der Waals surface area (Å²) in [6, 6.07) is 24.7. The van der Waals surface area contributed by atoms with Gasteiger partial charge in [0.25, 0.3) is 0 Å². The molecule has 1 fully saturated rings. The van der Waals surface area contributed by atoms with Gasteiger partial charge in [-0.05, 0) is 76.6 Å². The van der Waals surface area contributed by atoms with Gasteiger partial charge in [0.15, 0.2) is 0 Å². The summed E-state index contributed by atoms with van der Waals surface area (Å²) in [5, 5.41) is 0.768. The van der Waals surface area contributed by atoms with Crippen molar-refractivity contribution in [2.75, 3.05) is 25.7 Å². The van der Waals surface area contributed by atoms with Gasteiger partial charge in [-0.25, -0.2) is 0 Å². The molecule has 0 bridgehead atoms. The van der Waals surface area contributed by atoms with Gasteiger partial charge >= 0.3 is 0 Å². The molecule has 0 N–H and O–H groups in total. The lowest BCUT2D eigenvalue weighted by molar-refractivity contribution is 0.414. The van der Waals surface area contributed by atoms with Gasteiger partial charge in [-0.1, -0.05) is 66.2 Å². The molecule has 1 heterocycles. The average Bonchev–Trinajstić information content (AvgIpc) is 2.88. The van der Waals surface area contributed by atoms with Gasteiger partial charge in [-0.2, -0.15) is 0 Å². The molecule has 0 saturated carbocycles. The number of ether oxygens (including phenoxy) is 2. The molecule has 2 nitrogen and oxygen atoms in total. The topological polar surface area (TPSA) is 18.5 Å². The lowest BCUT2D eigenvalue weighted by Crippen LogP contribution is -2.20. The summed E-state index contributed by atoms with van der Waals surface area (Å²) in [7, 11) is 3.38. The maximum atomic E-state index is 6.16. The number of methoxy groups -OCH3 is 2. The van der Waals surface area contributed by atoms with Gasteiger partial charge in [0.2, 0.25) is 0 Å². The quantitative estimate of drug-likeness (QED) is 0.309. The van der Waals surface area contributed by atoms with Crippen molar-refractivity contribution in [1.29, 1.82) is 0 Å². The Balaban J connectivity index is 1.72. The minimum Gasteiger partial charge on any atom is -0.497 e. The lowest BCUT2D eigenvalue weighted by atomic mass is 9.97. The zero-order valence-electron chi connectivity index (χ0n) is 18.8. The van der Waals surface area contributed by atoms with Gasteiger partial charge in [-0.15, -0.1) is 23.5 Å². The number of hydrogen-bond acceptors (Lipinski definition) is 4. The highest BCUT2D eigenvalue weighted by Gasteiger charge is 2.32. The summed E-state index contributed by atoms with van der Waals surface area (Å²) in [6.45, 7) is 0. The van der Waals surface area contributed by atoms with E-state index in [1.165, 1.54) is 12.0 Å². The van der Waals surface area contributed by atoms with Crippen molar-refractivity contribution < 1.29 is 9.47 Å². The number of benzene rings is 3. The molecule has 0 aromatic heterocycles. The van der Waals surface area contributed by atoms with E-state index in [1.54, 1.807) is 14.2 Å². The molecule has 0 spiro atoms. The Hall–Kier alpha value is -2.27. The number of thioether (sulfide) groups is 2. The van der Waals surface area contributed by atoms with Gasteiger partial charge < -0.3 is 9.47 Å². The van der Waals surface area contributed by atoms with Gasteiger partial charge in [-0.3, -0.25) is 0 Å². The van der Waals surface area contributed by atoms with Crippen LogP contribution in [0.5, 0.6) is 11.5 Å². The van der Waals surface area contributed by atoms with Crippen LogP contribution in [0, 0.1) is 0 Å². The highest BCUT2D eigenvalue weighted by Crippen LogP contribution is 2.51. The van der Waals surface area contributed by atoms with Crippen LogP contribution in [0.2, 0.25) is 5.02 Å². The molecule has 0 aliphatic carbocycles. The first-order chi connectivity index (χ1) is 16.1. The summed E-state index contributed by atoms with van der Waals surface area (Å²) in [4.78, 5) is 0. The minimum absolute atomic E-state index is 0.107. The Labute approximate surface area is 210 Å². The predicted octanol–water partition coefficient (Wildman–Crippen LogP) is 8.07. The molecule has 1 aliphatic heterocycles. The van der Waals surface area contributed by atoms with Crippen molar-refractivity contribution in [2.45, 2.75) is 10.5 Å². The molecule has 0 atom stereocenters. The fourth-order valence-corrected chi connectivity index (χ4v) is 7.04. The first-order valence-corrected chi connectivity index (χ1v) is 13.2. The van der Waals surface area contributed by atoms with Crippen molar-refractivity contribution >= 4 is 40.7 Å². The number of halogens is 1. The standard InChI is InChI=1S/C28H27ClO2S2/c1-30-25-14-6-21(7-15-25)27(22-8-16-26(31-2)17-9-22)5-3-18-28(32-19-4-20-33-28)23-10-12-24(29)13-11-23/h3,5-18H,4,19-20H2,1-2H3/b18-3+. The fourth-order valence-electron chi connectivity index (χ4n) is 3.76. The van der Waals surface area contributed by atoms with E-state index in [-0.39, 0.29) is 4.08 Å². The highest BCUT2D eigenvalue weighted by molar-refractivity contribution is 8.18. The van der Waals surface area contributed by atoms with Crippen LogP contribution < -0.4 is 9.47 Å². The van der Waals surface area contributed by atoms with Crippen molar-refractivity contribution in [3.8, 4) is 11.5 Å². The van der Waals surface area contributed by atoms with E-state index in [0.717, 1.165) is 44.7 Å². The second-order valence-corrected chi connectivity index (χ2v) is 11.0. The monoisotopic (exact) mass is 494 g/mol. The van der Waals surface area contributed by atoms with E-state index < -0.39 is 0 Å². The van der Waals surface area contributed by atoms with Gasteiger partial charge in [0.05, 0.1) is 14.2 Å². The summed E-state index contributed by atoms with van der Waals surface area (Å²) in [5.74, 6) is 3.99. The molecular weight excluding hydrogens is 468 g/mol. The summed E-state index contributed by atoms with van der Waals surface area (Å²) in [5.41, 5.74) is 4.69. The predicted molar refractivity (Wildman–Crippen MR) is 145 cm³/mol. The van der Waals surface area contributed by atoms with Crippen molar-refractivity contribution in [3.05, 3.63) is 113 Å². The van der Waals surface area contributed by atoms with Crippen LogP contribution in [0.1, 0.15) is 23.1 Å². The molecule has 3 aromatic carbocycles. The second kappa shape index (κ2) is 11.2. The Morgan fingerprint density at radius 3 is 1.79 bits per heavy atom. The Bertz CT molecular complexity index is 1050. The van der Waals surface area contributed by atoms with E-state index in [0.29, 0.717) is 0 Å². The average molecular weight is 495 g/mol. The Morgan fingerprint density at radius 1 is 0.788 bits per heavy atom. The van der Waals surface area contributed by atoms with E-state index in [4.69, 9.17) is 21.1 Å². The minimum atomic E-state index is -0.107. The Morgan fingerprint density at radius 2 is 1.30 bits per heavy atom. The molecule has 0 unspecified atom stereocenters. The molecule has 33 heavy (non-hydrogen) atoms. The molecule has 1 saturated heterocycles. The molecule has 5 heteroatoms. The van der Waals surface area contributed by atoms with E-state index in [1.807, 2.05) is 59.9 Å². The van der Waals surface area contributed by atoms with Crippen LogP contribution in [-0.4, -0.2) is 25.7 Å². The first kappa shape index (κ1) is 23.9. The van der Waals surface area contributed by atoms with Crippen molar-refractivity contribution in [1.82, 2.24) is 0 Å². The third-order valence-corrected chi connectivity index (χ3v) is 9.09. The van der Waals surface area contributed by atoms with E-state index in [2.05, 4.69) is 54.6 Å². The van der Waals surface area contributed by atoms with E-state index in [9.17, 15) is 0 Å². The maximum absolute atomic E-state index is 6.16. The highest BCUT2D eigenvalue weighted by atomic mass is 35.5. The SMILES string of the molecule is COc1ccc(C(=C/C=C/C2(c3ccc(Cl)cc3)SCCCS2)c2ccc(OC)cc2)cc1. The number of allylic oxidation sites excluding steroid dienone is 2. The van der Waals surface area contributed by atoms with Crippen LogP contribution in [0.3, 0.4) is 0 Å². The largest absolute Gasteiger partial charge is 0.497 e. The number of rotatable bonds is 7. The smallest absolute Gasteiger partial charge is 0.118 e. The molecule has 3 aromatic rings. The molecule has 170 valence electrons.